The molecule has 0 N–H and O–H groups in total. The second kappa shape index (κ2) is 10.2. The van der Waals surface area contributed by atoms with E-state index in [4.69, 9.17) is 9.47 Å². The molecule has 19 heavy (non-hydrogen) atoms. The molecule has 0 bridgehead atoms. The van der Waals surface area contributed by atoms with Crippen LogP contribution in [0.3, 0.4) is 0 Å². The Bertz CT molecular complexity index is 240. The van der Waals surface area contributed by atoms with Crippen LogP contribution in [0.4, 0.5) is 0 Å². The molecule has 0 aromatic carbocycles. The first-order valence-corrected chi connectivity index (χ1v) is 7.66. The second-order valence-corrected chi connectivity index (χ2v) is 5.24. The van der Waals surface area contributed by atoms with Gasteiger partial charge >= 0.3 is 0 Å². The zero-order valence-corrected chi connectivity index (χ0v) is 12.5. The van der Waals surface area contributed by atoms with Crippen LogP contribution in [0.5, 0.6) is 0 Å². The zero-order chi connectivity index (χ0) is 13.9. The molecule has 112 valence electrons. The largest absolute Gasteiger partial charge is 0.381 e. The highest BCUT2D eigenvalue weighted by Crippen LogP contribution is 2.13. The lowest BCUT2D eigenvalue weighted by Crippen LogP contribution is -2.40. The number of hydrogen-bond acceptors (Lipinski definition) is 3. The fourth-order valence-corrected chi connectivity index (χ4v) is 2.43. The smallest absolute Gasteiger partial charge is 0.222 e. The van der Waals surface area contributed by atoms with Crippen molar-refractivity contribution in [3.63, 3.8) is 0 Å². The molecule has 1 aliphatic rings. The molecular formula is C15H29NO3. The van der Waals surface area contributed by atoms with Crippen LogP contribution >= 0.6 is 0 Å². The van der Waals surface area contributed by atoms with Crippen LogP contribution in [0.2, 0.25) is 0 Å². The minimum absolute atomic E-state index is 0.238. The van der Waals surface area contributed by atoms with Gasteiger partial charge in [-0.15, -0.1) is 0 Å². The summed E-state index contributed by atoms with van der Waals surface area (Å²) >= 11 is 0. The first-order chi connectivity index (χ1) is 9.27. The topological polar surface area (TPSA) is 38.8 Å². The van der Waals surface area contributed by atoms with E-state index in [1.165, 1.54) is 25.7 Å². The Morgan fingerprint density at radius 1 is 1.21 bits per heavy atom. The molecule has 4 nitrogen and oxygen atoms in total. The molecule has 1 rings (SSSR count). The molecule has 1 atom stereocenters. The predicted octanol–water partition coefficient (Wildman–Crippen LogP) is 2.61. The van der Waals surface area contributed by atoms with E-state index in [2.05, 4.69) is 6.92 Å². The van der Waals surface area contributed by atoms with E-state index in [0.29, 0.717) is 19.6 Å². The maximum atomic E-state index is 12.0. The van der Waals surface area contributed by atoms with E-state index in [-0.39, 0.29) is 12.0 Å². The molecule has 0 aliphatic carbocycles. The van der Waals surface area contributed by atoms with Crippen molar-refractivity contribution >= 4 is 5.91 Å². The number of hydrogen-bond donors (Lipinski definition) is 0. The molecule has 4 heteroatoms. The fraction of sp³-hybridized carbons (Fsp3) is 0.933. The first kappa shape index (κ1) is 16.4. The van der Waals surface area contributed by atoms with Crippen LogP contribution < -0.4 is 0 Å². The highest BCUT2D eigenvalue weighted by atomic mass is 16.5. The van der Waals surface area contributed by atoms with E-state index < -0.39 is 0 Å². The minimum Gasteiger partial charge on any atom is -0.381 e. The van der Waals surface area contributed by atoms with Gasteiger partial charge in [-0.25, -0.2) is 0 Å². The molecule has 0 aromatic heterocycles. The van der Waals surface area contributed by atoms with Crippen LogP contribution in [0.1, 0.15) is 51.9 Å². The Kier molecular flexibility index (Phi) is 8.84. The number of morpholine rings is 1. The van der Waals surface area contributed by atoms with Crippen molar-refractivity contribution in [2.75, 3.05) is 33.4 Å². The summed E-state index contributed by atoms with van der Waals surface area (Å²) in [7, 11) is 1.75. The standard InChI is InChI=1S/C15H29NO3/c1-3-4-5-6-7-14(18-2)8-9-15(17)16-10-12-19-13-11-16/h14H,3-13H2,1-2H3. The highest BCUT2D eigenvalue weighted by molar-refractivity contribution is 5.76. The predicted molar refractivity (Wildman–Crippen MR) is 76.2 cm³/mol. The van der Waals surface area contributed by atoms with Crippen molar-refractivity contribution in [2.24, 2.45) is 0 Å². The highest BCUT2D eigenvalue weighted by Gasteiger charge is 2.18. The molecule has 0 aromatic rings. The summed E-state index contributed by atoms with van der Waals surface area (Å²) in [6.45, 7) is 5.06. The molecule has 0 radical (unpaired) electrons. The van der Waals surface area contributed by atoms with Crippen LogP contribution in [0, 0.1) is 0 Å². The van der Waals surface area contributed by atoms with E-state index in [1.807, 2.05) is 4.90 Å². The lowest BCUT2D eigenvalue weighted by Gasteiger charge is -2.27. The molecule has 1 saturated heterocycles. The van der Waals surface area contributed by atoms with E-state index in [1.54, 1.807) is 7.11 Å². The SMILES string of the molecule is CCCCCCC(CCC(=O)N1CCOCC1)OC. The average Bonchev–Trinajstić information content (AvgIpc) is 2.47. The summed E-state index contributed by atoms with van der Waals surface area (Å²) < 4.78 is 10.7. The van der Waals surface area contributed by atoms with Crippen molar-refractivity contribution in [3.8, 4) is 0 Å². The zero-order valence-electron chi connectivity index (χ0n) is 12.5. The monoisotopic (exact) mass is 271 g/mol. The summed E-state index contributed by atoms with van der Waals surface area (Å²) in [4.78, 5) is 13.9. The van der Waals surface area contributed by atoms with Gasteiger partial charge in [-0.1, -0.05) is 32.6 Å². The van der Waals surface area contributed by atoms with Crippen molar-refractivity contribution < 1.29 is 14.3 Å². The van der Waals surface area contributed by atoms with E-state index >= 15 is 0 Å². The Balaban J connectivity index is 2.14. The third-order valence-electron chi connectivity index (χ3n) is 3.76. The number of carbonyl (C=O) groups excluding carboxylic acids is 1. The Morgan fingerprint density at radius 2 is 1.95 bits per heavy atom. The molecule has 1 unspecified atom stereocenters. The molecule has 1 amide bonds. The van der Waals surface area contributed by atoms with Crippen molar-refractivity contribution in [2.45, 2.75) is 58.0 Å². The molecule has 1 fully saturated rings. The second-order valence-electron chi connectivity index (χ2n) is 5.24. The minimum atomic E-state index is 0.238. The third kappa shape index (κ3) is 6.92. The Morgan fingerprint density at radius 3 is 2.58 bits per heavy atom. The maximum absolute atomic E-state index is 12.0. The summed E-state index contributed by atoms with van der Waals surface area (Å²) in [5, 5.41) is 0. The molecule has 1 aliphatic heterocycles. The van der Waals surface area contributed by atoms with E-state index in [9.17, 15) is 4.79 Å². The van der Waals surface area contributed by atoms with Gasteiger partial charge < -0.3 is 14.4 Å². The van der Waals surface area contributed by atoms with Gasteiger partial charge in [0.2, 0.25) is 5.91 Å². The Hall–Kier alpha value is -0.610. The summed E-state index contributed by atoms with van der Waals surface area (Å²) in [6, 6.07) is 0. The average molecular weight is 271 g/mol. The Labute approximate surface area is 117 Å². The van der Waals surface area contributed by atoms with Gasteiger partial charge in [0, 0.05) is 26.6 Å². The van der Waals surface area contributed by atoms with Gasteiger partial charge in [0.15, 0.2) is 0 Å². The normalized spacial score (nSPS) is 17.5. The van der Waals surface area contributed by atoms with Gasteiger partial charge in [-0.05, 0) is 12.8 Å². The fourth-order valence-electron chi connectivity index (χ4n) is 2.43. The molecule has 1 heterocycles. The molecule has 0 spiro atoms. The lowest BCUT2D eigenvalue weighted by atomic mass is 10.0. The number of unbranched alkanes of at least 4 members (excludes halogenated alkanes) is 3. The van der Waals surface area contributed by atoms with Crippen LogP contribution in [0.25, 0.3) is 0 Å². The molecular weight excluding hydrogens is 242 g/mol. The number of ether oxygens (including phenoxy) is 2. The number of nitrogens with zero attached hydrogens (tertiary/aromatic N) is 1. The summed E-state index contributed by atoms with van der Waals surface area (Å²) in [5.41, 5.74) is 0. The lowest BCUT2D eigenvalue weighted by molar-refractivity contribution is -0.136. The third-order valence-corrected chi connectivity index (χ3v) is 3.76. The number of amides is 1. The maximum Gasteiger partial charge on any atom is 0.222 e. The van der Waals surface area contributed by atoms with Crippen LogP contribution in [-0.4, -0.2) is 50.3 Å². The van der Waals surface area contributed by atoms with Gasteiger partial charge in [0.05, 0.1) is 19.3 Å². The van der Waals surface area contributed by atoms with Gasteiger partial charge in [0.25, 0.3) is 0 Å². The summed E-state index contributed by atoms with van der Waals surface area (Å²) in [5.74, 6) is 0.249. The first-order valence-electron chi connectivity index (χ1n) is 7.66. The van der Waals surface area contributed by atoms with Crippen molar-refractivity contribution in [1.82, 2.24) is 4.90 Å². The van der Waals surface area contributed by atoms with Crippen LogP contribution in [0.15, 0.2) is 0 Å². The summed E-state index contributed by atoms with van der Waals surface area (Å²) in [6.07, 6.45) is 7.79. The number of rotatable bonds is 9. The van der Waals surface area contributed by atoms with Gasteiger partial charge in [0.1, 0.15) is 0 Å². The number of methoxy groups -OCH3 is 1. The van der Waals surface area contributed by atoms with Crippen molar-refractivity contribution in [3.05, 3.63) is 0 Å². The van der Waals surface area contributed by atoms with Gasteiger partial charge in [-0.3, -0.25) is 4.79 Å². The number of carbonyl (C=O) groups is 1. The van der Waals surface area contributed by atoms with E-state index in [0.717, 1.165) is 25.9 Å². The molecule has 0 saturated carbocycles. The van der Waals surface area contributed by atoms with Crippen LogP contribution in [-0.2, 0) is 14.3 Å². The quantitative estimate of drug-likeness (QED) is 0.605. The van der Waals surface area contributed by atoms with Gasteiger partial charge in [-0.2, -0.15) is 0 Å². The van der Waals surface area contributed by atoms with Crippen molar-refractivity contribution in [1.29, 1.82) is 0 Å².